The third kappa shape index (κ3) is 2.04. The molecule has 0 unspecified atom stereocenters. The lowest BCUT2D eigenvalue weighted by molar-refractivity contribution is 0.0696. The molecular formula is C10H8INO2. The van der Waals surface area contributed by atoms with Crippen molar-refractivity contribution in [1.29, 1.82) is 5.26 Å². The minimum Gasteiger partial charge on any atom is -0.478 e. The molecule has 0 atom stereocenters. The van der Waals surface area contributed by atoms with E-state index in [1.54, 1.807) is 12.1 Å². The standard InChI is InChI=1S/C10H8INO2/c1-2-6-3-7(5-12)8(10(13)14)4-9(6)11/h3-4H,2H2,1H3,(H,13,14). The number of hydrogen-bond acceptors (Lipinski definition) is 2. The van der Waals surface area contributed by atoms with Gasteiger partial charge in [0.25, 0.3) is 0 Å². The van der Waals surface area contributed by atoms with Crippen LogP contribution in [0.1, 0.15) is 28.4 Å². The Balaban J connectivity index is 3.41. The van der Waals surface area contributed by atoms with Gasteiger partial charge in [-0.15, -0.1) is 0 Å². The summed E-state index contributed by atoms with van der Waals surface area (Å²) in [6.07, 6.45) is 0.798. The summed E-state index contributed by atoms with van der Waals surface area (Å²) in [5.74, 6) is -1.05. The van der Waals surface area contributed by atoms with Crippen molar-refractivity contribution in [3.05, 3.63) is 32.4 Å². The highest BCUT2D eigenvalue weighted by molar-refractivity contribution is 14.1. The zero-order chi connectivity index (χ0) is 10.7. The molecule has 0 aliphatic rings. The molecule has 0 amide bonds. The van der Waals surface area contributed by atoms with Crippen molar-refractivity contribution in [1.82, 2.24) is 0 Å². The van der Waals surface area contributed by atoms with Crippen LogP contribution in [0.2, 0.25) is 0 Å². The second-order valence-electron chi connectivity index (χ2n) is 2.76. The van der Waals surface area contributed by atoms with Crippen LogP contribution in [-0.2, 0) is 6.42 Å². The molecule has 72 valence electrons. The Morgan fingerprint density at radius 3 is 2.71 bits per heavy atom. The molecule has 14 heavy (non-hydrogen) atoms. The van der Waals surface area contributed by atoms with Gasteiger partial charge in [-0.1, -0.05) is 6.92 Å². The lowest BCUT2D eigenvalue weighted by atomic mass is 10.0. The van der Waals surface area contributed by atoms with Gasteiger partial charge in [0.1, 0.15) is 6.07 Å². The van der Waals surface area contributed by atoms with Crippen LogP contribution >= 0.6 is 22.6 Å². The topological polar surface area (TPSA) is 61.1 Å². The Morgan fingerprint density at radius 2 is 2.29 bits per heavy atom. The first kappa shape index (κ1) is 11.0. The van der Waals surface area contributed by atoms with Crippen LogP contribution in [0.25, 0.3) is 0 Å². The van der Waals surface area contributed by atoms with Crippen LogP contribution in [-0.4, -0.2) is 11.1 Å². The fourth-order valence-electron chi connectivity index (χ4n) is 1.16. The molecule has 1 N–H and O–H groups in total. The van der Waals surface area contributed by atoms with E-state index in [0.717, 1.165) is 15.6 Å². The van der Waals surface area contributed by atoms with E-state index in [4.69, 9.17) is 10.4 Å². The van der Waals surface area contributed by atoms with E-state index in [1.807, 2.05) is 13.0 Å². The summed E-state index contributed by atoms with van der Waals surface area (Å²) in [6.45, 7) is 1.97. The van der Waals surface area contributed by atoms with Gasteiger partial charge in [-0.2, -0.15) is 5.26 Å². The number of benzene rings is 1. The SMILES string of the molecule is CCc1cc(C#N)c(C(=O)O)cc1I. The van der Waals surface area contributed by atoms with Gasteiger partial charge in [0.15, 0.2) is 0 Å². The first-order valence-corrected chi connectivity index (χ1v) is 5.13. The fourth-order valence-corrected chi connectivity index (χ4v) is 2.01. The van der Waals surface area contributed by atoms with Gasteiger partial charge in [-0.05, 0) is 46.7 Å². The number of halogens is 1. The maximum absolute atomic E-state index is 10.8. The first-order valence-electron chi connectivity index (χ1n) is 4.06. The third-order valence-electron chi connectivity index (χ3n) is 1.92. The molecule has 0 aliphatic heterocycles. The normalized spacial score (nSPS) is 9.50. The Morgan fingerprint density at radius 1 is 1.64 bits per heavy atom. The van der Waals surface area contributed by atoms with Crippen molar-refractivity contribution in [2.45, 2.75) is 13.3 Å². The van der Waals surface area contributed by atoms with E-state index >= 15 is 0 Å². The predicted octanol–water partition coefficient (Wildman–Crippen LogP) is 2.42. The van der Waals surface area contributed by atoms with Gasteiger partial charge >= 0.3 is 5.97 Å². The van der Waals surface area contributed by atoms with Crippen LogP contribution in [0, 0.1) is 14.9 Å². The van der Waals surface area contributed by atoms with Gasteiger partial charge in [-0.25, -0.2) is 4.79 Å². The number of nitriles is 1. The molecule has 3 nitrogen and oxygen atoms in total. The number of hydrogen-bond donors (Lipinski definition) is 1. The molecule has 0 fully saturated rings. The van der Waals surface area contributed by atoms with Crippen molar-refractivity contribution in [3.8, 4) is 6.07 Å². The Bertz CT molecular complexity index is 421. The molecule has 1 aromatic rings. The molecule has 0 bridgehead atoms. The first-order chi connectivity index (χ1) is 6.60. The zero-order valence-electron chi connectivity index (χ0n) is 7.54. The van der Waals surface area contributed by atoms with Gasteiger partial charge in [-0.3, -0.25) is 0 Å². The summed E-state index contributed by atoms with van der Waals surface area (Å²) >= 11 is 2.08. The van der Waals surface area contributed by atoms with Crippen LogP contribution in [0.15, 0.2) is 12.1 Å². The number of aryl methyl sites for hydroxylation is 1. The van der Waals surface area contributed by atoms with Crippen LogP contribution < -0.4 is 0 Å². The van der Waals surface area contributed by atoms with E-state index < -0.39 is 5.97 Å². The maximum Gasteiger partial charge on any atom is 0.337 e. The molecule has 0 aromatic heterocycles. The summed E-state index contributed by atoms with van der Waals surface area (Å²) in [5.41, 5.74) is 1.32. The summed E-state index contributed by atoms with van der Waals surface area (Å²) in [6, 6.07) is 5.08. The average molecular weight is 301 g/mol. The number of carbonyl (C=O) groups is 1. The highest BCUT2D eigenvalue weighted by Gasteiger charge is 2.12. The molecule has 0 heterocycles. The lowest BCUT2D eigenvalue weighted by Gasteiger charge is -2.04. The molecule has 0 spiro atoms. The highest BCUT2D eigenvalue weighted by Crippen LogP contribution is 2.19. The van der Waals surface area contributed by atoms with Crippen molar-refractivity contribution >= 4 is 28.6 Å². The van der Waals surface area contributed by atoms with E-state index in [2.05, 4.69) is 22.6 Å². The smallest absolute Gasteiger partial charge is 0.337 e. The number of aromatic carboxylic acids is 1. The second-order valence-corrected chi connectivity index (χ2v) is 3.92. The summed E-state index contributed by atoms with van der Waals surface area (Å²) in [5, 5.41) is 17.6. The minimum absolute atomic E-state index is 0.0779. The molecule has 1 aromatic carbocycles. The minimum atomic E-state index is -1.05. The van der Waals surface area contributed by atoms with Crippen molar-refractivity contribution in [3.63, 3.8) is 0 Å². The monoisotopic (exact) mass is 301 g/mol. The highest BCUT2D eigenvalue weighted by atomic mass is 127. The molecule has 1 rings (SSSR count). The number of rotatable bonds is 2. The maximum atomic E-state index is 10.8. The summed E-state index contributed by atoms with van der Waals surface area (Å²) in [7, 11) is 0. The fraction of sp³-hybridized carbons (Fsp3) is 0.200. The van der Waals surface area contributed by atoms with Gasteiger partial charge in [0.2, 0.25) is 0 Å². The Kier molecular flexibility index (Phi) is 3.47. The zero-order valence-corrected chi connectivity index (χ0v) is 9.70. The van der Waals surface area contributed by atoms with Gasteiger partial charge < -0.3 is 5.11 Å². The number of carboxylic acid groups (broad SMARTS) is 1. The van der Waals surface area contributed by atoms with E-state index in [-0.39, 0.29) is 11.1 Å². The van der Waals surface area contributed by atoms with E-state index in [9.17, 15) is 4.79 Å². The number of carboxylic acids is 1. The number of nitrogens with zero attached hydrogens (tertiary/aromatic N) is 1. The molecule has 4 heteroatoms. The van der Waals surface area contributed by atoms with E-state index in [1.165, 1.54) is 0 Å². The van der Waals surface area contributed by atoms with Gasteiger partial charge in [0.05, 0.1) is 11.1 Å². The molecule has 0 saturated heterocycles. The second kappa shape index (κ2) is 4.42. The van der Waals surface area contributed by atoms with Crippen molar-refractivity contribution < 1.29 is 9.90 Å². The average Bonchev–Trinajstić information content (AvgIpc) is 2.17. The van der Waals surface area contributed by atoms with Gasteiger partial charge in [0, 0.05) is 3.57 Å². The van der Waals surface area contributed by atoms with Crippen molar-refractivity contribution in [2.24, 2.45) is 0 Å². The largest absolute Gasteiger partial charge is 0.478 e. The van der Waals surface area contributed by atoms with Crippen molar-refractivity contribution in [2.75, 3.05) is 0 Å². The molecule has 0 aliphatic carbocycles. The summed E-state index contributed by atoms with van der Waals surface area (Å²) < 4.78 is 0.890. The Labute approximate surface area is 95.5 Å². The third-order valence-corrected chi connectivity index (χ3v) is 2.92. The molecule has 0 saturated carbocycles. The van der Waals surface area contributed by atoms with E-state index in [0.29, 0.717) is 0 Å². The quantitative estimate of drug-likeness (QED) is 0.853. The Hall–Kier alpha value is -1.09. The molecular weight excluding hydrogens is 293 g/mol. The lowest BCUT2D eigenvalue weighted by Crippen LogP contribution is -2.02. The van der Waals surface area contributed by atoms with Crippen LogP contribution in [0.5, 0.6) is 0 Å². The predicted molar refractivity (Wildman–Crippen MR) is 60.2 cm³/mol. The summed E-state index contributed by atoms with van der Waals surface area (Å²) in [4.78, 5) is 10.8. The molecule has 0 radical (unpaired) electrons. The van der Waals surface area contributed by atoms with Crippen LogP contribution in [0.4, 0.5) is 0 Å². The van der Waals surface area contributed by atoms with Crippen LogP contribution in [0.3, 0.4) is 0 Å².